The molecule has 0 aromatic rings. The highest BCUT2D eigenvalue weighted by molar-refractivity contribution is 8.05. The second-order valence-electron chi connectivity index (χ2n) is 3.16. The molecule has 0 amide bonds. The molecule has 0 spiro atoms. The Hall–Kier alpha value is 0.690. The van der Waals surface area contributed by atoms with E-state index in [1.807, 2.05) is 0 Å². The molecule has 13 heavy (non-hydrogen) atoms. The predicted molar refractivity (Wildman–Crippen MR) is 50.2 cm³/mol. The van der Waals surface area contributed by atoms with Crippen LogP contribution >= 0.6 is 28.6 Å². The Morgan fingerprint density at radius 3 is 2.62 bits per heavy atom. The Labute approximate surface area is 86.5 Å². The number of rotatable bonds is 3. The van der Waals surface area contributed by atoms with Gasteiger partial charge in [0.25, 0.3) is 0 Å². The molecule has 0 bridgehead atoms. The minimum absolute atomic E-state index is 0.0771. The molecular formula is C6H11Cl2O4P. The lowest BCUT2D eigenvalue weighted by Crippen LogP contribution is -2.23. The summed E-state index contributed by atoms with van der Waals surface area (Å²) in [4.78, 5) is 0. The first-order valence-electron chi connectivity index (χ1n) is 3.74. The van der Waals surface area contributed by atoms with Crippen molar-refractivity contribution in [3.63, 3.8) is 0 Å². The lowest BCUT2D eigenvalue weighted by Gasteiger charge is -2.16. The molecule has 0 radical (unpaired) electrons. The molecule has 1 heterocycles. The van der Waals surface area contributed by atoms with Crippen LogP contribution in [-0.2, 0) is 18.6 Å². The van der Waals surface area contributed by atoms with Gasteiger partial charge in [0.15, 0.2) is 5.79 Å². The Morgan fingerprint density at radius 2 is 2.23 bits per heavy atom. The van der Waals surface area contributed by atoms with Crippen LogP contribution in [0.3, 0.4) is 0 Å². The third-order valence-corrected chi connectivity index (χ3v) is 2.51. The molecule has 1 saturated heterocycles. The number of hydrogen-bond donors (Lipinski definition) is 0. The molecule has 0 aliphatic carbocycles. The average Bonchev–Trinajstić information content (AvgIpc) is 2.24. The maximum Gasteiger partial charge on any atom is 0.380 e. The topological polar surface area (TPSA) is 44.8 Å². The van der Waals surface area contributed by atoms with Gasteiger partial charge in [-0.05, 0) is 36.3 Å². The van der Waals surface area contributed by atoms with E-state index in [-0.39, 0.29) is 12.7 Å². The highest BCUT2D eigenvalue weighted by Gasteiger charge is 2.33. The molecule has 1 unspecified atom stereocenters. The lowest BCUT2D eigenvalue weighted by atomic mass is 10.4. The van der Waals surface area contributed by atoms with Crippen molar-refractivity contribution in [2.75, 3.05) is 13.2 Å². The second kappa shape index (κ2) is 4.05. The molecule has 0 aromatic carbocycles. The zero-order valence-corrected chi connectivity index (χ0v) is 9.73. The fourth-order valence-electron chi connectivity index (χ4n) is 1.02. The minimum atomic E-state index is -3.45. The van der Waals surface area contributed by atoms with Crippen LogP contribution in [0.15, 0.2) is 0 Å². The summed E-state index contributed by atoms with van der Waals surface area (Å²) in [5.74, 6) is -0.614. The molecule has 0 saturated carbocycles. The van der Waals surface area contributed by atoms with E-state index in [2.05, 4.69) is 4.52 Å². The third kappa shape index (κ3) is 4.63. The van der Waals surface area contributed by atoms with Crippen molar-refractivity contribution in [2.45, 2.75) is 25.7 Å². The van der Waals surface area contributed by atoms with Gasteiger partial charge in [0, 0.05) is 0 Å². The van der Waals surface area contributed by atoms with Crippen molar-refractivity contribution >= 4 is 28.6 Å². The minimum Gasteiger partial charge on any atom is -0.348 e. The summed E-state index contributed by atoms with van der Waals surface area (Å²) in [6.07, 6.45) is -3.71. The maximum absolute atomic E-state index is 10.7. The highest BCUT2D eigenvalue weighted by atomic mass is 35.9. The fraction of sp³-hybridized carbons (Fsp3) is 1.00. The zero-order chi connectivity index (χ0) is 10.1. The van der Waals surface area contributed by atoms with Crippen LogP contribution in [0.4, 0.5) is 0 Å². The predicted octanol–water partition coefficient (Wildman–Crippen LogP) is 2.74. The van der Waals surface area contributed by atoms with Gasteiger partial charge in [-0.3, -0.25) is 4.57 Å². The van der Waals surface area contributed by atoms with Crippen LogP contribution in [0.1, 0.15) is 13.8 Å². The maximum atomic E-state index is 10.7. The molecular weight excluding hydrogens is 238 g/mol. The fourth-order valence-corrected chi connectivity index (χ4v) is 1.69. The van der Waals surface area contributed by atoms with Crippen LogP contribution in [-0.4, -0.2) is 25.1 Å². The zero-order valence-electron chi connectivity index (χ0n) is 7.33. The molecule has 1 aliphatic heterocycles. The van der Waals surface area contributed by atoms with E-state index in [9.17, 15) is 4.57 Å². The summed E-state index contributed by atoms with van der Waals surface area (Å²) in [5, 5.41) is 0. The first-order chi connectivity index (χ1) is 5.79. The van der Waals surface area contributed by atoms with Gasteiger partial charge in [0.2, 0.25) is 0 Å². The van der Waals surface area contributed by atoms with Crippen molar-refractivity contribution in [1.29, 1.82) is 0 Å². The van der Waals surface area contributed by atoms with E-state index >= 15 is 0 Å². The molecule has 1 rings (SSSR count). The Balaban J connectivity index is 2.30. The van der Waals surface area contributed by atoms with Crippen molar-refractivity contribution in [2.24, 2.45) is 0 Å². The molecule has 7 heteroatoms. The van der Waals surface area contributed by atoms with Crippen molar-refractivity contribution < 1.29 is 18.6 Å². The van der Waals surface area contributed by atoms with Gasteiger partial charge in [0.05, 0.1) is 13.2 Å². The van der Waals surface area contributed by atoms with Crippen LogP contribution in [0.5, 0.6) is 0 Å². The Morgan fingerprint density at radius 1 is 1.62 bits per heavy atom. The number of ether oxygens (including phenoxy) is 2. The Kier molecular flexibility index (Phi) is 3.67. The van der Waals surface area contributed by atoms with E-state index in [1.165, 1.54) is 0 Å². The van der Waals surface area contributed by atoms with Crippen molar-refractivity contribution in [3.8, 4) is 0 Å². The molecule has 1 aliphatic rings. The monoisotopic (exact) mass is 248 g/mol. The van der Waals surface area contributed by atoms with E-state index < -0.39 is 11.9 Å². The van der Waals surface area contributed by atoms with E-state index in [0.717, 1.165) is 0 Å². The summed E-state index contributed by atoms with van der Waals surface area (Å²) in [6.45, 7) is 4.04. The number of halogens is 2. The van der Waals surface area contributed by atoms with Gasteiger partial charge in [0.1, 0.15) is 6.10 Å². The van der Waals surface area contributed by atoms with Crippen LogP contribution < -0.4 is 0 Å². The molecule has 4 nitrogen and oxygen atoms in total. The lowest BCUT2D eigenvalue weighted by molar-refractivity contribution is -0.141. The first-order valence-corrected chi connectivity index (χ1v) is 7.18. The summed E-state index contributed by atoms with van der Waals surface area (Å²) in [7, 11) is 0. The van der Waals surface area contributed by atoms with Crippen molar-refractivity contribution in [3.05, 3.63) is 0 Å². The first kappa shape index (κ1) is 11.8. The molecule has 1 atom stereocenters. The number of hydrogen-bond acceptors (Lipinski definition) is 4. The normalized spacial score (nSPS) is 27.8. The molecule has 78 valence electrons. The largest absolute Gasteiger partial charge is 0.380 e. The van der Waals surface area contributed by atoms with Gasteiger partial charge < -0.3 is 14.0 Å². The summed E-state index contributed by atoms with van der Waals surface area (Å²) in [6, 6.07) is 0. The third-order valence-electron chi connectivity index (χ3n) is 1.48. The Bertz CT molecular complexity index is 227. The van der Waals surface area contributed by atoms with Gasteiger partial charge in [-0.25, -0.2) is 0 Å². The van der Waals surface area contributed by atoms with Crippen molar-refractivity contribution in [1.82, 2.24) is 0 Å². The van der Waals surface area contributed by atoms with Crippen LogP contribution in [0.25, 0.3) is 0 Å². The van der Waals surface area contributed by atoms with Gasteiger partial charge >= 0.3 is 6.07 Å². The molecule has 0 N–H and O–H groups in total. The molecule has 1 fully saturated rings. The summed E-state index contributed by atoms with van der Waals surface area (Å²) in [5.41, 5.74) is 0. The van der Waals surface area contributed by atoms with Gasteiger partial charge in [-0.15, -0.1) is 0 Å². The summed E-state index contributed by atoms with van der Waals surface area (Å²) >= 11 is 10.4. The highest BCUT2D eigenvalue weighted by Crippen LogP contribution is 2.57. The van der Waals surface area contributed by atoms with Gasteiger partial charge in [-0.1, -0.05) is 0 Å². The van der Waals surface area contributed by atoms with Crippen LogP contribution in [0, 0.1) is 0 Å². The molecule has 0 aromatic heterocycles. The second-order valence-corrected chi connectivity index (χ2v) is 7.44. The SMILES string of the molecule is CC1(C)OCC(COP(=O)(Cl)Cl)O1. The van der Waals surface area contributed by atoms with Gasteiger partial charge in [-0.2, -0.15) is 0 Å². The van der Waals surface area contributed by atoms with E-state index in [4.69, 9.17) is 32.0 Å². The van der Waals surface area contributed by atoms with E-state index in [1.54, 1.807) is 13.8 Å². The quantitative estimate of drug-likeness (QED) is 0.721. The van der Waals surface area contributed by atoms with Crippen LogP contribution in [0.2, 0.25) is 0 Å². The standard InChI is InChI=1S/C6H11Cl2O4P/c1-6(2)10-3-5(12-6)4-11-13(7,8)9/h5H,3-4H2,1-2H3. The van der Waals surface area contributed by atoms with E-state index in [0.29, 0.717) is 6.61 Å². The average molecular weight is 249 g/mol. The summed E-state index contributed by atoms with van der Waals surface area (Å²) < 4.78 is 26.0. The smallest absolute Gasteiger partial charge is 0.348 e.